The monoisotopic (exact) mass is 300 g/mol. The van der Waals surface area contributed by atoms with Gasteiger partial charge in [0.2, 0.25) is 0 Å². The number of phenolic OH excluding ortho intramolecular Hbond substituents is 2. The summed E-state index contributed by atoms with van der Waals surface area (Å²) >= 11 is 0. The van der Waals surface area contributed by atoms with E-state index in [4.69, 9.17) is 0 Å². The van der Waals surface area contributed by atoms with Gasteiger partial charge in [-0.1, -0.05) is 31.2 Å². The molecule has 0 fully saturated rings. The Morgan fingerprint density at radius 1 is 0.864 bits per heavy atom. The fraction of sp³-hybridized carbons (Fsp3) is 0.368. The van der Waals surface area contributed by atoms with Gasteiger partial charge in [-0.15, -0.1) is 0 Å². The number of aromatic hydroxyl groups is 2. The second kappa shape index (κ2) is 6.41. The van der Waals surface area contributed by atoms with Gasteiger partial charge in [0, 0.05) is 12.0 Å². The van der Waals surface area contributed by atoms with Crippen molar-refractivity contribution in [3.8, 4) is 11.5 Å². The summed E-state index contributed by atoms with van der Waals surface area (Å²) in [6.07, 6.45) is 1.48. The summed E-state index contributed by atoms with van der Waals surface area (Å²) in [4.78, 5) is 0. The van der Waals surface area contributed by atoms with Crippen LogP contribution in [-0.4, -0.2) is 21.9 Å². The Kier molecular flexibility index (Phi) is 4.77. The second-order valence-electron chi connectivity index (χ2n) is 6.16. The first kappa shape index (κ1) is 16.4. The number of rotatable bonds is 5. The highest BCUT2D eigenvalue weighted by atomic mass is 16.3. The van der Waals surface area contributed by atoms with Crippen LogP contribution in [0.3, 0.4) is 0 Å². The molecular formula is C19H24O3. The molecule has 0 saturated heterocycles. The van der Waals surface area contributed by atoms with Crippen molar-refractivity contribution in [1.29, 1.82) is 0 Å². The predicted octanol–water partition coefficient (Wildman–Crippen LogP) is 3.79. The molecule has 0 aromatic heterocycles. The lowest BCUT2D eigenvalue weighted by Gasteiger charge is -2.32. The minimum Gasteiger partial charge on any atom is -0.508 e. The molecule has 22 heavy (non-hydrogen) atoms. The van der Waals surface area contributed by atoms with Crippen LogP contribution in [0.2, 0.25) is 0 Å². The van der Waals surface area contributed by atoms with Crippen LogP contribution in [-0.2, 0) is 5.41 Å². The minimum atomic E-state index is -0.278. The Labute approximate surface area is 131 Å². The lowest BCUT2D eigenvalue weighted by Crippen LogP contribution is -2.24. The van der Waals surface area contributed by atoms with Crippen LogP contribution in [0, 0.1) is 13.8 Å². The van der Waals surface area contributed by atoms with Crippen LogP contribution in [0.4, 0.5) is 0 Å². The van der Waals surface area contributed by atoms with E-state index in [1.54, 1.807) is 12.1 Å². The number of hydrogen-bond donors (Lipinski definition) is 3. The van der Waals surface area contributed by atoms with Crippen molar-refractivity contribution >= 4 is 0 Å². The van der Waals surface area contributed by atoms with E-state index in [2.05, 4.69) is 6.92 Å². The van der Waals surface area contributed by atoms with Gasteiger partial charge in [0.15, 0.2) is 0 Å². The van der Waals surface area contributed by atoms with E-state index in [-0.39, 0.29) is 23.5 Å². The molecule has 118 valence electrons. The largest absolute Gasteiger partial charge is 0.508 e. The van der Waals surface area contributed by atoms with Crippen LogP contribution in [0.1, 0.15) is 42.0 Å². The zero-order chi connectivity index (χ0) is 16.3. The van der Waals surface area contributed by atoms with Gasteiger partial charge in [-0.05, 0) is 61.1 Å². The molecule has 3 nitrogen and oxygen atoms in total. The topological polar surface area (TPSA) is 60.7 Å². The van der Waals surface area contributed by atoms with E-state index in [9.17, 15) is 15.3 Å². The molecule has 0 amide bonds. The first-order chi connectivity index (χ1) is 10.4. The van der Waals surface area contributed by atoms with Crippen molar-refractivity contribution < 1.29 is 15.3 Å². The molecule has 0 spiro atoms. The zero-order valence-electron chi connectivity index (χ0n) is 13.4. The molecule has 3 heteroatoms. The lowest BCUT2D eigenvalue weighted by atomic mass is 9.72. The Morgan fingerprint density at radius 3 is 1.68 bits per heavy atom. The molecule has 0 heterocycles. The average Bonchev–Trinajstić information content (AvgIpc) is 2.50. The molecule has 2 aromatic rings. The Bertz CT molecular complexity index is 610. The Balaban J connectivity index is 2.55. The predicted molar refractivity (Wildman–Crippen MR) is 88.5 cm³/mol. The van der Waals surface area contributed by atoms with Gasteiger partial charge in [0.25, 0.3) is 0 Å². The van der Waals surface area contributed by atoms with Crippen molar-refractivity contribution in [2.24, 2.45) is 0 Å². The number of aryl methyl sites for hydroxylation is 2. The fourth-order valence-electron chi connectivity index (χ4n) is 2.89. The molecule has 2 rings (SSSR count). The molecular weight excluding hydrogens is 276 g/mol. The summed E-state index contributed by atoms with van der Waals surface area (Å²) in [6, 6.07) is 11.3. The minimum absolute atomic E-state index is 0.143. The molecule has 0 aliphatic rings. The summed E-state index contributed by atoms with van der Waals surface area (Å²) in [5.74, 6) is 0.574. The van der Waals surface area contributed by atoms with Gasteiger partial charge in [0.05, 0.1) is 0 Å². The summed E-state index contributed by atoms with van der Waals surface area (Å²) in [7, 11) is 0. The van der Waals surface area contributed by atoms with Crippen molar-refractivity contribution in [2.45, 2.75) is 39.0 Å². The quantitative estimate of drug-likeness (QED) is 0.787. The van der Waals surface area contributed by atoms with E-state index in [0.717, 1.165) is 28.7 Å². The van der Waals surface area contributed by atoms with Crippen molar-refractivity contribution in [1.82, 2.24) is 0 Å². The summed E-state index contributed by atoms with van der Waals surface area (Å²) in [5, 5.41) is 28.8. The maximum atomic E-state index is 9.76. The third-order valence-corrected chi connectivity index (χ3v) is 4.50. The summed E-state index contributed by atoms with van der Waals surface area (Å²) in [6.45, 7) is 6.05. The number of aliphatic hydroxyl groups is 1. The highest BCUT2D eigenvalue weighted by Gasteiger charge is 2.29. The molecule has 0 aliphatic heterocycles. The standard InChI is InChI=1S/C19H24O3/c1-13-11-15(5-7-17(13)21)19(3,9-4-10-20)16-6-8-18(22)14(2)12-16/h5-8,11-12,20-22H,4,9-10H2,1-3H3. The average molecular weight is 300 g/mol. The van der Waals surface area contributed by atoms with Crippen LogP contribution in [0.25, 0.3) is 0 Å². The number of hydrogen-bond acceptors (Lipinski definition) is 3. The smallest absolute Gasteiger partial charge is 0.118 e. The molecule has 0 radical (unpaired) electrons. The van der Waals surface area contributed by atoms with Gasteiger partial charge >= 0.3 is 0 Å². The zero-order valence-corrected chi connectivity index (χ0v) is 13.4. The van der Waals surface area contributed by atoms with Crippen LogP contribution < -0.4 is 0 Å². The third-order valence-electron chi connectivity index (χ3n) is 4.50. The Hall–Kier alpha value is -2.00. The Morgan fingerprint density at radius 2 is 1.32 bits per heavy atom. The second-order valence-corrected chi connectivity index (χ2v) is 6.16. The van der Waals surface area contributed by atoms with Gasteiger partial charge in [-0.25, -0.2) is 0 Å². The SMILES string of the molecule is Cc1cc(C(C)(CCCO)c2ccc(O)c(C)c2)ccc1O. The van der Waals surface area contributed by atoms with Crippen molar-refractivity contribution in [3.63, 3.8) is 0 Å². The molecule has 0 unspecified atom stereocenters. The highest BCUT2D eigenvalue weighted by Crippen LogP contribution is 2.39. The van der Waals surface area contributed by atoms with Crippen LogP contribution in [0.15, 0.2) is 36.4 Å². The van der Waals surface area contributed by atoms with Crippen LogP contribution >= 0.6 is 0 Å². The third kappa shape index (κ3) is 3.09. The van der Waals surface area contributed by atoms with E-state index in [1.165, 1.54) is 0 Å². The van der Waals surface area contributed by atoms with E-state index < -0.39 is 0 Å². The molecule has 0 bridgehead atoms. The van der Waals surface area contributed by atoms with Crippen LogP contribution in [0.5, 0.6) is 11.5 Å². The number of aliphatic hydroxyl groups excluding tert-OH is 1. The van der Waals surface area contributed by atoms with Crippen molar-refractivity contribution in [2.75, 3.05) is 6.61 Å². The molecule has 0 atom stereocenters. The van der Waals surface area contributed by atoms with Gasteiger partial charge in [-0.3, -0.25) is 0 Å². The van der Waals surface area contributed by atoms with E-state index in [1.807, 2.05) is 38.1 Å². The normalized spacial score (nSPS) is 11.6. The van der Waals surface area contributed by atoms with Gasteiger partial charge < -0.3 is 15.3 Å². The molecule has 3 N–H and O–H groups in total. The fourth-order valence-corrected chi connectivity index (χ4v) is 2.89. The summed E-state index contributed by atoms with van der Waals surface area (Å²) in [5.41, 5.74) is 3.59. The maximum Gasteiger partial charge on any atom is 0.118 e. The van der Waals surface area contributed by atoms with Crippen molar-refractivity contribution in [3.05, 3.63) is 58.7 Å². The molecule has 0 saturated carbocycles. The molecule has 0 aliphatic carbocycles. The number of benzene rings is 2. The lowest BCUT2D eigenvalue weighted by molar-refractivity contribution is 0.272. The first-order valence-corrected chi connectivity index (χ1v) is 7.59. The van der Waals surface area contributed by atoms with E-state index >= 15 is 0 Å². The summed E-state index contributed by atoms with van der Waals surface area (Å²) < 4.78 is 0. The number of phenols is 2. The first-order valence-electron chi connectivity index (χ1n) is 7.59. The van der Waals surface area contributed by atoms with Gasteiger partial charge in [0.1, 0.15) is 11.5 Å². The molecule has 2 aromatic carbocycles. The maximum absolute atomic E-state index is 9.76. The van der Waals surface area contributed by atoms with Gasteiger partial charge in [-0.2, -0.15) is 0 Å². The van der Waals surface area contributed by atoms with E-state index in [0.29, 0.717) is 6.42 Å². The highest BCUT2D eigenvalue weighted by molar-refractivity contribution is 5.46.